The number of rotatable bonds is 3. The Bertz CT molecular complexity index is 201. The fraction of sp³-hybridized carbons (Fsp3) is 0.300. The zero-order valence-electron chi connectivity index (χ0n) is 6.75. The van der Waals surface area contributed by atoms with Gasteiger partial charge in [-0.15, -0.1) is 0 Å². The van der Waals surface area contributed by atoms with E-state index in [-0.39, 0.29) is 6.61 Å². The highest BCUT2D eigenvalue weighted by atomic mass is 16.3. The Balaban J connectivity index is 2.66. The molecule has 1 radical (unpaired) electrons. The minimum absolute atomic E-state index is 0.131. The maximum Gasteiger partial charge on any atom is 0.0681 e. The molecule has 0 heterocycles. The largest absolute Gasteiger partial charge is 0.392 e. The quantitative estimate of drug-likeness (QED) is 0.698. The summed E-state index contributed by atoms with van der Waals surface area (Å²) in [5.74, 6) is 0. The third-order valence-electron chi connectivity index (χ3n) is 1.60. The molecule has 11 heavy (non-hydrogen) atoms. The average molecular weight is 149 g/mol. The summed E-state index contributed by atoms with van der Waals surface area (Å²) in [6.45, 7) is 2.24. The molecule has 1 aromatic carbocycles. The van der Waals surface area contributed by atoms with Gasteiger partial charge in [-0.1, -0.05) is 31.2 Å². The summed E-state index contributed by atoms with van der Waals surface area (Å²) >= 11 is 0. The fourth-order valence-electron chi connectivity index (χ4n) is 0.995. The molecule has 1 N–H and O–H groups in total. The Morgan fingerprint density at radius 2 is 1.91 bits per heavy atom. The molecule has 0 unspecified atom stereocenters. The van der Waals surface area contributed by atoms with Crippen LogP contribution in [0.25, 0.3) is 0 Å². The van der Waals surface area contributed by atoms with Gasteiger partial charge in [0.25, 0.3) is 0 Å². The molecule has 1 aromatic rings. The molecule has 0 aromatic heterocycles. The fourth-order valence-corrected chi connectivity index (χ4v) is 0.995. The minimum Gasteiger partial charge on any atom is -0.392 e. The second-order valence-electron chi connectivity index (χ2n) is 2.51. The highest BCUT2D eigenvalue weighted by molar-refractivity contribution is 5.26. The summed E-state index contributed by atoms with van der Waals surface area (Å²) in [5, 5.41) is 8.75. The Morgan fingerprint density at radius 3 is 2.36 bits per heavy atom. The number of hydrogen-bond acceptors (Lipinski definition) is 1. The number of aliphatic hydroxyl groups is 1. The highest BCUT2D eigenvalue weighted by Gasteiger charge is 1.91. The van der Waals surface area contributed by atoms with E-state index in [1.807, 2.05) is 24.3 Å². The molecule has 0 spiro atoms. The first kappa shape index (κ1) is 8.28. The van der Waals surface area contributed by atoms with E-state index in [1.54, 1.807) is 0 Å². The summed E-state index contributed by atoms with van der Waals surface area (Å²) in [6, 6.07) is 7.94. The van der Waals surface area contributed by atoms with E-state index < -0.39 is 0 Å². The second-order valence-corrected chi connectivity index (χ2v) is 2.51. The monoisotopic (exact) mass is 149 g/mol. The molecule has 0 aliphatic heterocycles. The predicted molar refractivity (Wildman–Crippen MR) is 46.1 cm³/mol. The molecule has 0 atom stereocenters. The molecular formula is C10H13O. The van der Waals surface area contributed by atoms with E-state index in [2.05, 4.69) is 13.3 Å². The van der Waals surface area contributed by atoms with Gasteiger partial charge in [0.2, 0.25) is 0 Å². The van der Waals surface area contributed by atoms with Gasteiger partial charge in [-0.05, 0) is 24.0 Å². The molecule has 59 valence electrons. The topological polar surface area (TPSA) is 20.2 Å². The smallest absolute Gasteiger partial charge is 0.0681 e. The van der Waals surface area contributed by atoms with Gasteiger partial charge in [-0.2, -0.15) is 0 Å². The third-order valence-corrected chi connectivity index (χ3v) is 1.60. The zero-order chi connectivity index (χ0) is 8.10. The van der Waals surface area contributed by atoms with Crippen molar-refractivity contribution in [1.82, 2.24) is 0 Å². The van der Waals surface area contributed by atoms with Gasteiger partial charge >= 0.3 is 0 Å². The second kappa shape index (κ2) is 4.14. The normalized spacial score (nSPS) is 10.0. The van der Waals surface area contributed by atoms with Crippen LogP contribution in [-0.2, 0) is 6.61 Å². The Hall–Kier alpha value is -0.820. The van der Waals surface area contributed by atoms with Crippen molar-refractivity contribution in [2.75, 3.05) is 0 Å². The molecule has 0 saturated heterocycles. The molecule has 1 nitrogen and oxygen atoms in total. The van der Waals surface area contributed by atoms with Crippen LogP contribution in [0.3, 0.4) is 0 Å². The van der Waals surface area contributed by atoms with E-state index >= 15 is 0 Å². The molecule has 1 heteroatoms. The maximum atomic E-state index is 8.75. The summed E-state index contributed by atoms with van der Waals surface area (Å²) in [6.07, 6.45) is 3.21. The molecule has 0 amide bonds. The van der Waals surface area contributed by atoms with E-state index in [0.29, 0.717) is 0 Å². The third kappa shape index (κ3) is 2.35. The summed E-state index contributed by atoms with van der Waals surface area (Å²) in [4.78, 5) is 0. The molecule has 0 aliphatic carbocycles. The number of benzene rings is 1. The average Bonchev–Trinajstić information content (AvgIpc) is 2.07. The van der Waals surface area contributed by atoms with Crippen LogP contribution in [0, 0.1) is 6.42 Å². The van der Waals surface area contributed by atoms with Crippen LogP contribution in [0.2, 0.25) is 0 Å². The number of hydrogen-bond donors (Lipinski definition) is 1. The number of aliphatic hydroxyl groups excluding tert-OH is 1. The maximum absolute atomic E-state index is 8.75. The first-order valence-corrected chi connectivity index (χ1v) is 3.90. The van der Waals surface area contributed by atoms with Crippen molar-refractivity contribution in [3.8, 4) is 0 Å². The van der Waals surface area contributed by atoms with Crippen molar-refractivity contribution in [2.45, 2.75) is 20.0 Å². The molecular weight excluding hydrogens is 136 g/mol. The summed E-state index contributed by atoms with van der Waals surface area (Å²) in [7, 11) is 0. The first-order valence-electron chi connectivity index (χ1n) is 3.90. The Labute approximate surface area is 67.7 Å². The van der Waals surface area contributed by atoms with Crippen molar-refractivity contribution in [1.29, 1.82) is 0 Å². The SMILES string of the molecule is CC[CH]c1ccc(CO)cc1. The molecule has 0 fully saturated rings. The van der Waals surface area contributed by atoms with Crippen molar-refractivity contribution in [3.63, 3.8) is 0 Å². The molecule has 0 bridgehead atoms. The van der Waals surface area contributed by atoms with Gasteiger partial charge in [-0.25, -0.2) is 0 Å². The van der Waals surface area contributed by atoms with Crippen LogP contribution in [0.4, 0.5) is 0 Å². The zero-order valence-corrected chi connectivity index (χ0v) is 6.75. The van der Waals surface area contributed by atoms with Crippen LogP contribution >= 0.6 is 0 Å². The van der Waals surface area contributed by atoms with Crippen molar-refractivity contribution in [3.05, 3.63) is 41.8 Å². The lowest BCUT2D eigenvalue weighted by molar-refractivity contribution is 0.282. The van der Waals surface area contributed by atoms with Gasteiger partial charge in [0.05, 0.1) is 6.61 Å². The van der Waals surface area contributed by atoms with E-state index in [4.69, 9.17) is 5.11 Å². The lowest BCUT2D eigenvalue weighted by Crippen LogP contribution is -1.84. The predicted octanol–water partition coefficient (Wildman–Crippen LogP) is 2.14. The van der Waals surface area contributed by atoms with Crippen LogP contribution in [0.1, 0.15) is 24.5 Å². The lowest BCUT2D eigenvalue weighted by atomic mass is 10.1. The van der Waals surface area contributed by atoms with Gasteiger partial charge in [0, 0.05) is 0 Å². The Kier molecular flexibility index (Phi) is 3.12. The van der Waals surface area contributed by atoms with Crippen LogP contribution in [-0.4, -0.2) is 5.11 Å². The Morgan fingerprint density at radius 1 is 1.27 bits per heavy atom. The first-order chi connectivity index (χ1) is 5.36. The van der Waals surface area contributed by atoms with Gasteiger partial charge in [-0.3, -0.25) is 0 Å². The highest BCUT2D eigenvalue weighted by Crippen LogP contribution is 2.07. The lowest BCUT2D eigenvalue weighted by Gasteiger charge is -1.98. The summed E-state index contributed by atoms with van der Waals surface area (Å²) < 4.78 is 0. The van der Waals surface area contributed by atoms with Gasteiger partial charge in [0.15, 0.2) is 0 Å². The summed E-state index contributed by atoms with van der Waals surface area (Å²) in [5.41, 5.74) is 2.20. The van der Waals surface area contributed by atoms with Gasteiger partial charge in [0.1, 0.15) is 0 Å². The minimum atomic E-state index is 0.131. The molecule has 0 aliphatic rings. The standard InChI is InChI=1S/C10H13O/c1-2-3-9-4-6-10(8-11)7-5-9/h3-7,11H,2,8H2,1H3. The van der Waals surface area contributed by atoms with Crippen LogP contribution in [0.15, 0.2) is 24.3 Å². The molecule has 0 saturated carbocycles. The molecule has 1 rings (SSSR count). The van der Waals surface area contributed by atoms with E-state index in [1.165, 1.54) is 5.56 Å². The van der Waals surface area contributed by atoms with Crippen LogP contribution < -0.4 is 0 Å². The van der Waals surface area contributed by atoms with Crippen molar-refractivity contribution < 1.29 is 5.11 Å². The van der Waals surface area contributed by atoms with Crippen molar-refractivity contribution >= 4 is 0 Å². The van der Waals surface area contributed by atoms with E-state index in [9.17, 15) is 0 Å². The van der Waals surface area contributed by atoms with Gasteiger partial charge < -0.3 is 5.11 Å². The van der Waals surface area contributed by atoms with Crippen LogP contribution in [0.5, 0.6) is 0 Å². The van der Waals surface area contributed by atoms with E-state index in [0.717, 1.165) is 12.0 Å². The van der Waals surface area contributed by atoms with Crippen molar-refractivity contribution in [2.24, 2.45) is 0 Å².